The number of hydrogen-bond donors (Lipinski definition) is 1. The molecule has 2 unspecified atom stereocenters. The number of hydrogen-bond acceptors (Lipinski definition) is 4. The Labute approximate surface area is 112 Å². The summed E-state index contributed by atoms with van der Waals surface area (Å²) >= 11 is 0. The van der Waals surface area contributed by atoms with Gasteiger partial charge >= 0.3 is 0 Å². The van der Waals surface area contributed by atoms with Crippen molar-refractivity contribution in [3.05, 3.63) is 24.3 Å². The first kappa shape index (κ1) is 12.3. The van der Waals surface area contributed by atoms with Crippen molar-refractivity contribution in [1.29, 1.82) is 0 Å². The van der Waals surface area contributed by atoms with Crippen LogP contribution in [0.4, 0.5) is 0 Å². The van der Waals surface area contributed by atoms with Crippen molar-refractivity contribution in [1.82, 2.24) is 25.0 Å². The maximum absolute atomic E-state index is 12.6. The molecule has 1 aromatic rings. The molecule has 0 aromatic carbocycles. The van der Waals surface area contributed by atoms with Crippen molar-refractivity contribution >= 4 is 5.91 Å². The molecule has 6 heteroatoms. The van der Waals surface area contributed by atoms with Crippen molar-refractivity contribution in [2.24, 2.45) is 5.92 Å². The van der Waals surface area contributed by atoms with Gasteiger partial charge in [0, 0.05) is 25.7 Å². The fourth-order valence-corrected chi connectivity index (χ4v) is 2.73. The van der Waals surface area contributed by atoms with Crippen molar-refractivity contribution < 1.29 is 4.79 Å². The van der Waals surface area contributed by atoms with Crippen molar-refractivity contribution in [2.45, 2.75) is 32.5 Å². The van der Waals surface area contributed by atoms with Crippen molar-refractivity contribution in [3.63, 3.8) is 0 Å². The van der Waals surface area contributed by atoms with E-state index in [-0.39, 0.29) is 17.9 Å². The van der Waals surface area contributed by atoms with Gasteiger partial charge in [0.1, 0.15) is 6.33 Å². The second-order valence-corrected chi connectivity index (χ2v) is 5.21. The van der Waals surface area contributed by atoms with Gasteiger partial charge in [-0.1, -0.05) is 12.2 Å². The van der Waals surface area contributed by atoms with Gasteiger partial charge in [0.2, 0.25) is 5.91 Å². The molecule has 0 bridgehead atoms. The van der Waals surface area contributed by atoms with Crippen LogP contribution in [0.15, 0.2) is 18.5 Å². The van der Waals surface area contributed by atoms with E-state index in [2.05, 4.69) is 34.6 Å². The molecule has 0 saturated heterocycles. The number of rotatable bonds is 1. The Balaban J connectivity index is 1.72. The van der Waals surface area contributed by atoms with Crippen molar-refractivity contribution in [3.8, 4) is 0 Å². The summed E-state index contributed by atoms with van der Waals surface area (Å²) in [5.41, 5.74) is 0. The average molecular weight is 261 g/mol. The largest absolute Gasteiger partial charge is 0.333 e. The van der Waals surface area contributed by atoms with Gasteiger partial charge in [-0.05, 0) is 13.3 Å². The van der Waals surface area contributed by atoms with E-state index in [0.29, 0.717) is 6.54 Å². The maximum Gasteiger partial charge on any atom is 0.228 e. The molecule has 0 spiro atoms. The summed E-state index contributed by atoms with van der Waals surface area (Å²) in [5.74, 6) is 1.12. The van der Waals surface area contributed by atoms with Crippen LogP contribution in [-0.4, -0.2) is 44.7 Å². The lowest BCUT2D eigenvalue weighted by molar-refractivity contribution is -0.137. The molecule has 1 N–H and O–H groups in total. The van der Waals surface area contributed by atoms with Gasteiger partial charge in [-0.3, -0.25) is 4.79 Å². The minimum Gasteiger partial charge on any atom is -0.333 e. The summed E-state index contributed by atoms with van der Waals surface area (Å²) in [6.07, 6.45) is 6.74. The number of fused-ring (bicyclic) bond motifs is 1. The van der Waals surface area contributed by atoms with E-state index in [4.69, 9.17) is 0 Å². The van der Waals surface area contributed by atoms with E-state index in [1.807, 2.05) is 9.47 Å². The smallest absolute Gasteiger partial charge is 0.228 e. The molecular formula is C13H19N5O. The zero-order chi connectivity index (χ0) is 13.2. The minimum atomic E-state index is 0.0215. The molecule has 2 aliphatic rings. The molecule has 3 rings (SSSR count). The molecule has 0 radical (unpaired) electrons. The normalized spacial score (nSPS) is 26.9. The Kier molecular flexibility index (Phi) is 3.33. The minimum absolute atomic E-state index is 0.0215. The molecule has 6 nitrogen and oxygen atoms in total. The lowest BCUT2D eigenvalue weighted by Crippen LogP contribution is -2.46. The standard InChI is InChI=1S/C13H19N5O/c1-10-11(4-2-3-5-14-10)13(19)17-6-7-18-9-15-16-12(18)8-17/h2-3,9-11,14H,4-8H2,1H3. The van der Waals surface area contributed by atoms with Crippen LogP contribution >= 0.6 is 0 Å². The summed E-state index contributed by atoms with van der Waals surface area (Å²) in [7, 11) is 0. The summed E-state index contributed by atoms with van der Waals surface area (Å²) < 4.78 is 2.01. The number of nitrogens with one attached hydrogen (secondary N) is 1. The number of aromatic nitrogens is 3. The summed E-state index contributed by atoms with van der Waals surface area (Å²) in [5, 5.41) is 11.3. The number of allylic oxidation sites excluding steroid dienone is 1. The van der Waals surface area contributed by atoms with Crippen molar-refractivity contribution in [2.75, 3.05) is 13.1 Å². The molecule has 2 aliphatic heterocycles. The third-order valence-corrected chi connectivity index (χ3v) is 3.99. The van der Waals surface area contributed by atoms with Gasteiger partial charge in [-0.15, -0.1) is 10.2 Å². The van der Waals surface area contributed by atoms with Crippen LogP contribution in [0.3, 0.4) is 0 Å². The Bertz CT molecular complexity index is 495. The molecule has 0 saturated carbocycles. The van der Waals surface area contributed by atoms with Gasteiger partial charge in [0.15, 0.2) is 5.82 Å². The van der Waals surface area contributed by atoms with Crippen LogP contribution in [0.1, 0.15) is 19.2 Å². The average Bonchev–Trinajstić information content (AvgIpc) is 2.79. The fraction of sp³-hybridized carbons (Fsp3) is 0.615. The number of carbonyl (C=O) groups is 1. The molecule has 0 aliphatic carbocycles. The lowest BCUT2D eigenvalue weighted by atomic mass is 9.96. The zero-order valence-corrected chi connectivity index (χ0v) is 11.1. The summed E-state index contributed by atoms with van der Waals surface area (Å²) in [4.78, 5) is 14.6. The van der Waals surface area contributed by atoms with E-state index >= 15 is 0 Å². The third-order valence-electron chi connectivity index (χ3n) is 3.99. The van der Waals surface area contributed by atoms with E-state index < -0.39 is 0 Å². The Morgan fingerprint density at radius 1 is 1.42 bits per heavy atom. The van der Waals surface area contributed by atoms with Crippen LogP contribution in [0.2, 0.25) is 0 Å². The van der Waals surface area contributed by atoms with Gasteiger partial charge in [0.25, 0.3) is 0 Å². The van der Waals surface area contributed by atoms with Crippen LogP contribution in [0, 0.1) is 5.92 Å². The predicted molar refractivity (Wildman–Crippen MR) is 70.2 cm³/mol. The number of carbonyl (C=O) groups excluding carboxylic acids is 1. The highest BCUT2D eigenvalue weighted by Gasteiger charge is 2.31. The maximum atomic E-state index is 12.6. The predicted octanol–water partition coefficient (Wildman–Crippen LogP) is 0.175. The van der Waals surface area contributed by atoms with Gasteiger partial charge in [-0.25, -0.2) is 0 Å². The molecular weight excluding hydrogens is 242 g/mol. The monoisotopic (exact) mass is 261 g/mol. The highest BCUT2D eigenvalue weighted by molar-refractivity contribution is 5.79. The molecule has 102 valence electrons. The van der Waals surface area contributed by atoms with Crippen LogP contribution < -0.4 is 5.32 Å². The highest BCUT2D eigenvalue weighted by Crippen LogP contribution is 2.19. The zero-order valence-electron chi connectivity index (χ0n) is 11.1. The topological polar surface area (TPSA) is 63.1 Å². The Hall–Kier alpha value is -1.69. The quantitative estimate of drug-likeness (QED) is 0.732. The summed E-state index contributed by atoms with van der Waals surface area (Å²) in [6, 6.07) is 0.210. The van der Waals surface area contributed by atoms with E-state index in [1.54, 1.807) is 6.33 Å². The van der Waals surface area contributed by atoms with Crippen LogP contribution in [-0.2, 0) is 17.9 Å². The van der Waals surface area contributed by atoms with E-state index in [1.165, 1.54) is 0 Å². The van der Waals surface area contributed by atoms with Crippen LogP contribution in [0.5, 0.6) is 0 Å². The third kappa shape index (κ3) is 2.40. The molecule has 1 aromatic heterocycles. The van der Waals surface area contributed by atoms with E-state index in [9.17, 15) is 4.79 Å². The first-order valence-corrected chi connectivity index (χ1v) is 6.79. The number of nitrogens with zero attached hydrogens (tertiary/aromatic N) is 4. The Morgan fingerprint density at radius 3 is 3.21 bits per heavy atom. The second-order valence-electron chi connectivity index (χ2n) is 5.21. The molecule has 0 fully saturated rings. The first-order valence-electron chi connectivity index (χ1n) is 6.79. The van der Waals surface area contributed by atoms with Gasteiger partial charge < -0.3 is 14.8 Å². The second kappa shape index (κ2) is 5.13. The Morgan fingerprint density at radius 2 is 2.32 bits per heavy atom. The first-order chi connectivity index (χ1) is 9.25. The van der Waals surface area contributed by atoms with Gasteiger partial charge in [-0.2, -0.15) is 0 Å². The summed E-state index contributed by atoms with van der Waals surface area (Å²) in [6.45, 7) is 5.04. The number of amides is 1. The van der Waals surface area contributed by atoms with Gasteiger partial charge in [0.05, 0.1) is 12.5 Å². The lowest BCUT2D eigenvalue weighted by Gasteiger charge is -2.32. The molecule has 3 heterocycles. The SMILES string of the molecule is CC1NCC=CCC1C(=O)N1CCn2cnnc2C1. The molecule has 2 atom stereocenters. The molecule has 19 heavy (non-hydrogen) atoms. The van der Waals surface area contributed by atoms with Crippen LogP contribution in [0.25, 0.3) is 0 Å². The molecule has 1 amide bonds. The van der Waals surface area contributed by atoms with E-state index in [0.717, 1.165) is 31.9 Å². The fourth-order valence-electron chi connectivity index (χ4n) is 2.73. The highest BCUT2D eigenvalue weighted by atomic mass is 16.2.